The van der Waals surface area contributed by atoms with Gasteiger partial charge in [-0.05, 0) is 52.8 Å². The van der Waals surface area contributed by atoms with Gasteiger partial charge in [-0.1, -0.05) is 29.8 Å². The highest BCUT2D eigenvalue weighted by atomic mass is 35.5. The second-order valence-electron chi connectivity index (χ2n) is 7.19. The molecule has 0 saturated heterocycles. The number of nitrogens with one attached hydrogen (secondary N) is 1. The molecule has 0 aliphatic heterocycles. The molecule has 1 aromatic heterocycles. The molecule has 1 amide bonds. The fourth-order valence-electron chi connectivity index (χ4n) is 2.33. The van der Waals surface area contributed by atoms with Crippen LogP contribution in [0.25, 0.3) is 11.8 Å². The van der Waals surface area contributed by atoms with Crippen molar-refractivity contribution in [2.45, 2.75) is 46.3 Å². The second kappa shape index (κ2) is 8.39. The van der Waals surface area contributed by atoms with Crippen LogP contribution in [0.3, 0.4) is 0 Å². The number of para-hydroxylation sites is 1. The number of aromatic nitrogens is 2. The predicted octanol–water partition coefficient (Wildman–Crippen LogP) is 3.69. The van der Waals surface area contributed by atoms with E-state index in [1.807, 2.05) is 51.1 Å². The molecule has 1 atom stereocenters. The number of halogens is 1. The molecule has 144 valence electrons. The molecule has 0 aliphatic carbocycles. The molecule has 27 heavy (non-hydrogen) atoms. The molecule has 2 aromatic rings. The smallest absolute Gasteiger partial charge is 0.331 e. The molecule has 0 unspecified atom stereocenters. The first kappa shape index (κ1) is 20.7. The summed E-state index contributed by atoms with van der Waals surface area (Å²) in [6.45, 7) is 8.89. The highest BCUT2D eigenvalue weighted by Crippen LogP contribution is 2.24. The fraction of sp³-hybridized carbons (Fsp3) is 0.350. The number of ether oxygens (including phenoxy) is 1. The zero-order valence-electron chi connectivity index (χ0n) is 16.1. The number of carbonyl (C=O) groups excluding carboxylic acids is 2. The fourth-order valence-corrected chi connectivity index (χ4v) is 2.67. The Morgan fingerprint density at radius 3 is 2.48 bits per heavy atom. The molecule has 0 radical (unpaired) electrons. The Bertz CT molecular complexity index is 851. The van der Waals surface area contributed by atoms with Crippen molar-refractivity contribution in [3.8, 4) is 5.69 Å². The summed E-state index contributed by atoms with van der Waals surface area (Å²) in [7, 11) is 0. The molecule has 0 fully saturated rings. The van der Waals surface area contributed by atoms with E-state index in [-0.39, 0.29) is 5.91 Å². The summed E-state index contributed by atoms with van der Waals surface area (Å²) < 4.78 is 6.74. The number of hydrogen-bond donors (Lipinski definition) is 1. The Morgan fingerprint density at radius 2 is 1.89 bits per heavy atom. The van der Waals surface area contributed by atoms with Crippen molar-refractivity contribution in [1.29, 1.82) is 0 Å². The van der Waals surface area contributed by atoms with E-state index in [4.69, 9.17) is 16.3 Å². The topological polar surface area (TPSA) is 73.2 Å². The van der Waals surface area contributed by atoms with Gasteiger partial charge in [0, 0.05) is 17.2 Å². The van der Waals surface area contributed by atoms with Gasteiger partial charge in [0.05, 0.1) is 11.4 Å². The van der Waals surface area contributed by atoms with Crippen LogP contribution in [0.4, 0.5) is 0 Å². The van der Waals surface area contributed by atoms with Crippen LogP contribution in [0, 0.1) is 6.92 Å². The summed E-state index contributed by atoms with van der Waals surface area (Å²) >= 11 is 6.41. The lowest BCUT2D eigenvalue weighted by Gasteiger charge is -2.22. The Morgan fingerprint density at radius 1 is 1.26 bits per heavy atom. The third-order valence-corrected chi connectivity index (χ3v) is 3.96. The molecule has 0 aliphatic rings. The maximum atomic E-state index is 12.0. The Kier molecular flexibility index (Phi) is 6.44. The van der Waals surface area contributed by atoms with Gasteiger partial charge in [-0.25, -0.2) is 9.48 Å². The highest BCUT2D eigenvalue weighted by molar-refractivity contribution is 6.31. The normalized spacial score (nSPS) is 12.8. The number of nitrogens with zero attached hydrogens (tertiary/aromatic N) is 2. The number of aryl methyl sites for hydroxylation is 1. The molecule has 1 aromatic carbocycles. The Balaban J connectivity index is 2.09. The summed E-state index contributed by atoms with van der Waals surface area (Å²) in [6, 6.07) is 9.45. The van der Waals surface area contributed by atoms with Crippen LogP contribution in [0.15, 0.2) is 36.4 Å². The SMILES string of the molecule is Cc1nn(-c2ccccc2)c(Cl)c1/C=C/C(=O)O[C@@H](C)C(=O)NC(C)(C)C. The summed E-state index contributed by atoms with van der Waals surface area (Å²) in [5.74, 6) is -0.982. The van der Waals surface area contributed by atoms with Gasteiger partial charge in [0.2, 0.25) is 0 Å². The van der Waals surface area contributed by atoms with E-state index < -0.39 is 17.6 Å². The number of rotatable bonds is 5. The number of benzene rings is 1. The Hall–Kier alpha value is -2.60. The van der Waals surface area contributed by atoms with Crippen molar-refractivity contribution < 1.29 is 14.3 Å². The zero-order valence-corrected chi connectivity index (χ0v) is 16.9. The largest absolute Gasteiger partial charge is 0.449 e. The highest BCUT2D eigenvalue weighted by Gasteiger charge is 2.21. The standard InChI is InChI=1S/C20H24ClN3O3/c1-13-16(18(21)24(23-13)15-9-7-6-8-10-15)11-12-17(25)27-14(2)19(26)22-20(3,4)5/h6-12,14H,1-5H3,(H,22,26)/b12-11+/t14-/m0/s1. The first-order chi connectivity index (χ1) is 12.6. The molecule has 0 saturated carbocycles. The lowest BCUT2D eigenvalue weighted by atomic mass is 10.1. The quantitative estimate of drug-likeness (QED) is 0.625. The monoisotopic (exact) mass is 389 g/mol. The summed E-state index contributed by atoms with van der Waals surface area (Å²) in [5, 5.41) is 7.56. The molecular weight excluding hydrogens is 366 g/mol. The minimum Gasteiger partial charge on any atom is -0.449 e. The van der Waals surface area contributed by atoms with Gasteiger partial charge < -0.3 is 10.1 Å². The van der Waals surface area contributed by atoms with Crippen LogP contribution in [-0.2, 0) is 14.3 Å². The molecule has 2 rings (SSSR count). The summed E-state index contributed by atoms with van der Waals surface area (Å²) in [4.78, 5) is 24.0. The van der Waals surface area contributed by atoms with E-state index >= 15 is 0 Å². The maximum Gasteiger partial charge on any atom is 0.331 e. The van der Waals surface area contributed by atoms with Gasteiger partial charge >= 0.3 is 5.97 Å². The number of carbonyl (C=O) groups is 2. The predicted molar refractivity (Wildman–Crippen MR) is 106 cm³/mol. The van der Waals surface area contributed by atoms with E-state index in [1.54, 1.807) is 17.7 Å². The third kappa shape index (κ3) is 5.69. The van der Waals surface area contributed by atoms with E-state index in [0.717, 1.165) is 5.69 Å². The molecule has 0 spiro atoms. The maximum absolute atomic E-state index is 12.0. The lowest BCUT2D eigenvalue weighted by Crippen LogP contribution is -2.46. The van der Waals surface area contributed by atoms with E-state index in [0.29, 0.717) is 16.4 Å². The summed E-state index contributed by atoms with van der Waals surface area (Å²) in [6.07, 6.45) is 1.89. The van der Waals surface area contributed by atoms with E-state index in [1.165, 1.54) is 13.0 Å². The summed E-state index contributed by atoms with van der Waals surface area (Å²) in [5.41, 5.74) is 1.71. The molecule has 7 heteroatoms. The molecule has 0 bridgehead atoms. The van der Waals surface area contributed by atoms with Crippen molar-refractivity contribution in [3.63, 3.8) is 0 Å². The molecular formula is C20H24ClN3O3. The first-order valence-corrected chi connectivity index (χ1v) is 8.97. The van der Waals surface area contributed by atoms with Crippen LogP contribution in [0.1, 0.15) is 39.0 Å². The first-order valence-electron chi connectivity index (χ1n) is 8.60. The Labute approximate surface area is 164 Å². The van der Waals surface area contributed by atoms with Crippen LogP contribution in [0.5, 0.6) is 0 Å². The van der Waals surface area contributed by atoms with Crippen molar-refractivity contribution in [2.75, 3.05) is 0 Å². The van der Waals surface area contributed by atoms with E-state index in [2.05, 4.69) is 10.4 Å². The van der Waals surface area contributed by atoms with Gasteiger partial charge in [0.1, 0.15) is 5.15 Å². The van der Waals surface area contributed by atoms with Gasteiger partial charge in [-0.3, -0.25) is 4.79 Å². The van der Waals surface area contributed by atoms with Crippen LogP contribution in [0.2, 0.25) is 5.15 Å². The van der Waals surface area contributed by atoms with Crippen LogP contribution >= 0.6 is 11.6 Å². The minimum atomic E-state index is -0.898. The third-order valence-electron chi connectivity index (χ3n) is 3.60. The molecule has 1 N–H and O–H groups in total. The van der Waals surface area contributed by atoms with Gasteiger partial charge in [-0.2, -0.15) is 5.10 Å². The van der Waals surface area contributed by atoms with Gasteiger partial charge in [-0.15, -0.1) is 0 Å². The van der Waals surface area contributed by atoms with Crippen molar-refractivity contribution in [3.05, 3.63) is 52.8 Å². The number of amides is 1. The van der Waals surface area contributed by atoms with Crippen molar-refractivity contribution >= 4 is 29.6 Å². The lowest BCUT2D eigenvalue weighted by molar-refractivity contribution is -0.150. The van der Waals surface area contributed by atoms with Crippen LogP contribution in [-0.4, -0.2) is 33.3 Å². The molecule has 6 nitrogen and oxygen atoms in total. The van der Waals surface area contributed by atoms with E-state index in [9.17, 15) is 9.59 Å². The van der Waals surface area contributed by atoms with Gasteiger partial charge in [0.15, 0.2) is 6.10 Å². The average molecular weight is 390 g/mol. The molecule has 1 heterocycles. The van der Waals surface area contributed by atoms with Gasteiger partial charge in [0.25, 0.3) is 5.91 Å². The van der Waals surface area contributed by atoms with Crippen molar-refractivity contribution in [2.24, 2.45) is 0 Å². The number of esters is 1. The zero-order chi connectivity index (χ0) is 20.2. The minimum absolute atomic E-state index is 0.352. The number of hydrogen-bond acceptors (Lipinski definition) is 4. The second-order valence-corrected chi connectivity index (χ2v) is 7.55. The van der Waals surface area contributed by atoms with Crippen molar-refractivity contribution in [1.82, 2.24) is 15.1 Å². The average Bonchev–Trinajstić information content (AvgIpc) is 2.86. The van der Waals surface area contributed by atoms with Crippen LogP contribution < -0.4 is 5.32 Å².